The smallest absolute Gasteiger partial charge is 0.270 e. The van der Waals surface area contributed by atoms with Crippen LogP contribution in [-0.2, 0) is 16.0 Å². The Morgan fingerprint density at radius 2 is 2.20 bits per heavy atom. The van der Waals surface area contributed by atoms with Gasteiger partial charge in [0.1, 0.15) is 11.8 Å². The molecule has 3 rings (SSSR count). The summed E-state index contributed by atoms with van der Waals surface area (Å²) in [7, 11) is 0. The molecule has 7 heteroatoms. The first-order valence-electron chi connectivity index (χ1n) is 8.36. The van der Waals surface area contributed by atoms with Crippen molar-refractivity contribution in [3.05, 3.63) is 54.1 Å². The van der Waals surface area contributed by atoms with Crippen molar-refractivity contribution in [1.29, 1.82) is 0 Å². The van der Waals surface area contributed by atoms with E-state index in [0.29, 0.717) is 32.1 Å². The Morgan fingerprint density at radius 3 is 3.00 bits per heavy atom. The molecule has 3 heterocycles. The summed E-state index contributed by atoms with van der Waals surface area (Å²) in [6.07, 6.45) is 3.33. The van der Waals surface area contributed by atoms with E-state index >= 15 is 0 Å². The summed E-state index contributed by atoms with van der Waals surface area (Å²) in [6.45, 7) is 4.12. The van der Waals surface area contributed by atoms with Crippen LogP contribution in [0.25, 0.3) is 0 Å². The molecule has 1 saturated heterocycles. The highest BCUT2D eigenvalue weighted by atomic mass is 16.5. The van der Waals surface area contributed by atoms with Crippen LogP contribution in [0.4, 0.5) is 5.69 Å². The van der Waals surface area contributed by atoms with Crippen LogP contribution in [0.15, 0.2) is 42.7 Å². The van der Waals surface area contributed by atoms with Gasteiger partial charge in [0, 0.05) is 24.7 Å². The fourth-order valence-electron chi connectivity index (χ4n) is 2.67. The zero-order valence-electron chi connectivity index (χ0n) is 14.1. The minimum atomic E-state index is -0.238. The molecular weight excluding hydrogens is 320 g/mol. The van der Waals surface area contributed by atoms with Crippen LogP contribution in [0.5, 0.6) is 0 Å². The Morgan fingerprint density at radius 1 is 1.28 bits per heavy atom. The molecule has 25 heavy (non-hydrogen) atoms. The third kappa shape index (κ3) is 4.74. The number of amides is 1. The second-order valence-corrected chi connectivity index (χ2v) is 5.72. The van der Waals surface area contributed by atoms with Crippen molar-refractivity contribution in [1.82, 2.24) is 15.3 Å². The van der Waals surface area contributed by atoms with E-state index < -0.39 is 0 Å². The van der Waals surface area contributed by atoms with Crippen LogP contribution in [0.3, 0.4) is 0 Å². The van der Waals surface area contributed by atoms with E-state index in [-0.39, 0.29) is 18.1 Å². The lowest BCUT2D eigenvalue weighted by molar-refractivity contribution is 0.0478. The van der Waals surface area contributed by atoms with E-state index in [1.807, 2.05) is 31.2 Å². The summed E-state index contributed by atoms with van der Waals surface area (Å²) in [5, 5.41) is 6.19. The number of nitrogens with one attached hydrogen (secondary N) is 2. The molecule has 2 aromatic heterocycles. The molecule has 1 fully saturated rings. The Kier molecular flexibility index (Phi) is 5.92. The monoisotopic (exact) mass is 342 g/mol. The van der Waals surface area contributed by atoms with E-state index in [0.717, 1.165) is 11.4 Å². The van der Waals surface area contributed by atoms with Gasteiger partial charge in [0.05, 0.1) is 31.5 Å². The molecule has 2 atom stereocenters. The van der Waals surface area contributed by atoms with Gasteiger partial charge in [0.15, 0.2) is 0 Å². The number of pyridine rings is 2. The van der Waals surface area contributed by atoms with Gasteiger partial charge in [-0.05, 0) is 31.2 Å². The van der Waals surface area contributed by atoms with Crippen LogP contribution >= 0.6 is 0 Å². The van der Waals surface area contributed by atoms with Crippen molar-refractivity contribution in [2.24, 2.45) is 0 Å². The van der Waals surface area contributed by atoms with Crippen molar-refractivity contribution >= 4 is 11.6 Å². The van der Waals surface area contributed by atoms with Crippen LogP contribution in [0.2, 0.25) is 0 Å². The molecule has 7 nitrogen and oxygen atoms in total. The third-order valence-electron chi connectivity index (χ3n) is 3.91. The van der Waals surface area contributed by atoms with Crippen molar-refractivity contribution in [2.45, 2.75) is 25.6 Å². The predicted octanol–water partition coefficient (Wildman–Crippen LogP) is 1.62. The van der Waals surface area contributed by atoms with Crippen molar-refractivity contribution in [3.63, 3.8) is 0 Å². The van der Waals surface area contributed by atoms with Crippen LogP contribution < -0.4 is 10.6 Å². The maximum Gasteiger partial charge on any atom is 0.270 e. The normalized spacial score (nSPS) is 19.6. The van der Waals surface area contributed by atoms with Crippen LogP contribution in [0, 0.1) is 0 Å². The standard InChI is InChI=1S/C18H22N4O3/c1-2-25-17-12-24-11-16(17)22-13-6-8-20-15(9-13)18(23)21-10-14-5-3-4-7-19-14/h3-9,16-17H,2,10-12H2,1H3,(H,20,22)(H,21,23)/t16-,17-/m1/s1. The van der Waals surface area contributed by atoms with Gasteiger partial charge in [0.25, 0.3) is 5.91 Å². The number of anilines is 1. The number of hydrogen-bond donors (Lipinski definition) is 2. The zero-order valence-corrected chi connectivity index (χ0v) is 14.1. The van der Waals surface area contributed by atoms with Gasteiger partial charge in [-0.3, -0.25) is 14.8 Å². The maximum atomic E-state index is 12.3. The van der Waals surface area contributed by atoms with Gasteiger partial charge >= 0.3 is 0 Å². The van der Waals surface area contributed by atoms with Crippen molar-refractivity contribution < 1.29 is 14.3 Å². The zero-order chi connectivity index (χ0) is 17.5. The number of carbonyl (C=O) groups is 1. The number of hydrogen-bond acceptors (Lipinski definition) is 6. The minimum Gasteiger partial charge on any atom is -0.377 e. The molecule has 0 aliphatic carbocycles. The highest BCUT2D eigenvalue weighted by molar-refractivity contribution is 5.93. The van der Waals surface area contributed by atoms with Gasteiger partial charge in [-0.1, -0.05) is 6.07 Å². The first-order valence-corrected chi connectivity index (χ1v) is 8.36. The number of aromatic nitrogens is 2. The fraction of sp³-hybridized carbons (Fsp3) is 0.389. The van der Waals surface area contributed by atoms with E-state index in [2.05, 4.69) is 20.6 Å². The van der Waals surface area contributed by atoms with Gasteiger partial charge in [-0.25, -0.2) is 0 Å². The quantitative estimate of drug-likeness (QED) is 0.795. The van der Waals surface area contributed by atoms with Crippen LogP contribution in [0.1, 0.15) is 23.1 Å². The van der Waals surface area contributed by atoms with Crippen LogP contribution in [-0.4, -0.2) is 47.8 Å². The summed E-state index contributed by atoms with van der Waals surface area (Å²) in [4.78, 5) is 20.6. The summed E-state index contributed by atoms with van der Waals surface area (Å²) < 4.78 is 11.1. The number of rotatable bonds is 7. The molecule has 0 saturated carbocycles. The van der Waals surface area contributed by atoms with Gasteiger partial charge in [-0.15, -0.1) is 0 Å². The first kappa shape index (κ1) is 17.3. The SMILES string of the molecule is CCO[C@@H]1COC[C@H]1Nc1ccnc(C(=O)NCc2ccccn2)c1. The summed E-state index contributed by atoms with van der Waals surface area (Å²) in [6, 6.07) is 9.21. The molecule has 0 radical (unpaired) electrons. The van der Waals surface area contributed by atoms with E-state index in [1.165, 1.54) is 0 Å². The molecule has 0 unspecified atom stereocenters. The van der Waals surface area contributed by atoms with E-state index in [9.17, 15) is 4.79 Å². The first-order chi connectivity index (χ1) is 12.3. The summed E-state index contributed by atoms with van der Waals surface area (Å²) in [5.74, 6) is -0.238. The van der Waals surface area contributed by atoms with Gasteiger partial charge in [0.2, 0.25) is 0 Å². The lowest BCUT2D eigenvalue weighted by Gasteiger charge is -2.20. The molecule has 0 spiro atoms. The predicted molar refractivity (Wildman–Crippen MR) is 93.3 cm³/mol. The van der Waals surface area contributed by atoms with Gasteiger partial charge < -0.3 is 20.1 Å². The average molecular weight is 342 g/mol. The molecule has 1 aliphatic rings. The Labute approximate surface area is 146 Å². The maximum absolute atomic E-state index is 12.3. The summed E-state index contributed by atoms with van der Waals surface area (Å²) in [5.41, 5.74) is 1.97. The topological polar surface area (TPSA) is 85.4 Å². The molecule has 0 aromatic carbocycles. The van der Waals surface area contributed by atoms with E-state index in [1.54, 1.807) is 18.5 Å². The molecule has 1 amide bonds. The Hall–Kier alpha value is -2.51. The van der Waals surface area contributed by atoms with Crippen molar-refractivity contribution in [2.75, 3.05) is 25.1 Å². The average Bonchev–Trinajstić information content (AvgIpc) is 3.08. The number of ether oxygens (including phenoxy) is 2. The second kappa shape index (κ2) is 8.55. The Balaban J connectivity index is 1.60. The second-order valence-electron chi connectivity index (χ2n) is 5.72. The molecule has 0 bridgehead atoms. The Bertz CT molecular complexity index is 696. The van der Waals surface area contributed by atoms with E-state index in [4.69, 9.17) is 9.47 Å². The molecule has 2 aromatic rings. The molecule has 1 aliphatic heterocycles. The number of carbonyl (C=O) groups excluding carboxylic acids is 1. The molecule has 132 valence electrons. The van der Waals surface area contributed by atoms with Crippen molar-refractivity contribution in [3.8, 4) is 0 Å². The molecule has 2 N–H and O–H groups in total. The largest absolute Gasteiger partial charge is 0.377 e. The third-order valence-corrected chi connectivity index (χ3v) is 3.91. The lowest BCUT2D eigenvalue weighted by Crippen LogP contribution is -2.34. The minimum absolute atomic E-state index is 0.0135. The number of nitrogens with zero attached hydrogens (tertiary/aromatic N) is 2. The highest BCUT2D eigenvalue weighted by Crippen LogP contribution is 2.17. The lowest BCUT2D eigenvalue weighted by atomic mass is 10.2. The fourth-order valence-corrected chi connectivity index (χ4v) is 2.67. The summed E-state index contributed by atoms with van der Waals surface area (Å²) >= 11 is 0. The van der Waals surface area contributed by atoms with Gasteiger partial charge in [-0.2, -0.15) is 0 Å². The highest BCUT2D eigenvalue weighted by Gasteiger charge is 2.28. The molecular formula is C18H22N4O3.